The zero-order valence-electron chi connectivity index (χ0n) is 26.3. The van der Waals surface area contributed by atoms with Gasteiger partial charge in [0.2, 0.25) is 0 Å². The van der Waals surface area contributed by atoms with Gasteiger partial charge in [-0.3, -0.25) is 9.69 Å². The van der Waals surface area contributed by atoms with E-state index < -0.39 is 5.54 Å². The van der Waals surface area contributed by atoms with Gasteiger partial charge in [0.1, 0.15) is 17.8 Å². The molecule has 2 saturated carbocycles. The highest BCUT2D eigenvalue weighted by atomic mass is 16.5. The minimum atomic E-state index is -0.501. The molecule has 8 rings (SSSR count). The number of aldehydes is 1. The molecule has 8 nitrogen and oxygen atoms in total. The lowest BCUT2D eigenvalue weighted by molar-refractivity contribution is -0.00933. The smallest absolute Gasteiger partial charge is 0.161 e. The summed E-state index contributed by atoms with van der Waals surface area (Å²) in [6.07, 6.45) is 7.95. The van der Waals surface area contributed by atoms with Crippen molar-refractivity contribution in [2.24, 2.45) is 17.6 Å². The maximum Gasteiger partial charge on any atom is 0.161 e. The molecule has 5 atom stereocenters. The number of ether oxygens (including phenoxy) is 3. The molecule has 44 heavy (non-hydrogen) atoms. The maximum atomic E-state index is 12.0. The highest BCUT2D eigenvalue weighted by Crippen LogP contribution is 2.59. The van der Waals surface area contributed by atoms with Crippen LogP contribution >= 0.6 is 0 Å². The Labute approximate surface area is 260 Å². The van der Waals surface area contributed by atoms with E-state index in [0.717, 1.165) is 69.6 Å². The molecule has 0 radical (unpaired) electrons. The highest BCUT2D eigenvalue weighted by molar-refractivity contribution is 5.85. The summed E-state index contributed by atoms with van der Waals surface area (Å²) in [7, 11) is 1.70. The zero-order valence-corrected chi connectivity index (χ0v) is 26.3. The largest absolute Gasteiger partial charge is 0.496 e. The Morgan fingerprint density at radius 3 is 2.55 bits per heavy atom. The molecule has 2 N–H and O–H groups in total. The number of anilines is 1. The predicted octanol–water partition coefficient (Wildman–Crippen LogP) is 5.65. The van der Waals surface area contributed by atoms with E-state index in [9.17, 15) is 4.79 Å². The topological polar surface area (TPSA) is 82.2 Å². The maximum absolute atomic E-state index is 12.0. The number of hydrogen-bond acceptors (Lipinski definition) is 7. The first-order valence-electron chi connectivity index (χ1n) is 16.8. The molecular formula is C36H46N4O4. The van der Waals surface area contributed by atoms with Crippen LogP contribution < -0.4 is 20.1 Å². The number of fused-ring (bicyclic) bond motifs is 4. The minimum absolute atomic E-state index is 0.170. The lowest BCUT2D eigenvalue weighted by Crippen LogP contribution is -2.52. The number of carbonyl (C=O) groups excluding carboxylic acids is 1. The van der Waals surface area contributed by atoms with Crippen molar-refractivity contribution in [3.05, 3.63) is 53.2 Å². The fraction of sp³-hybridized carbons (Fsp3) is 0.583. The van der Waals surface area contributed by atoms with Crippen LogP contribution in [0.25, 0.3) is 10.9 Å². The van der Waals surface area contributed by atoms with Crippen molar-refractivity contribution in [1.82, 2.24) is 9.47 Å². The Kier molecular flexibility index (Phi) is 6.96. The molecule has 4 heterocycles. The molecule has 5 aliphatic rings. The number of nitrogens with two attached hydrogens (primary N) is 1. The average Bonchev–Trinajstić information content (AvgIpc) is 3.47. The third-order valence-corrected chi connectivity index (χ3v) is 11.5. The van der Waals surface area contributed by atoms with Gasteiger partial charge >= 0.3 is 0 Å². The van der Waals surface area contributed by atoms with Crippen LogP contribution in [0.3, 0.4) is 0 Å². The number of nitrogens with zero attached hydrogens (tertiary/aromatic N) is 3. The number of aromatic nitrogens is 1. The first-order valence-corrected chi connectivity index (χ1v) is 16.8. The first-order chi connectivity index (χ1) is 21.4. The second-order valence-electron chi connectivity index (χ2n) is 14.0. The van der Waals surface area contributed by atoms with Gasteiger partial charge in [0.15, 0.2) is 6.10 Å². The molecule has 2 aliphatic carbocycles. The number of hydrogen-bond donors (Lipinski definition) is 1. The lowest BCUT2D eigenvalue weighted by Gasteiger charge is -2.44. The van der Waals surface area contributed by atoms with Crippen molar-refractivity contribution in [1.29, 1.82) is 0 Å². The number of rotatable bonds is 9. The predicted molar refractivity (Wildman–Crippen MR) is 172 cm³/mol. The van der Waals surface area contributed by atoms with Gasteiger partial charge in [0, 0.05) is 61.5 Å². The summed E-state index contributed by atoms with van der Waals surface area (Å²) >= 11 is 0. The van der Waals surface area contributed by atoms with E-state index in [1.807, 2.05) is 12.1 Å². The summed E-state index contributed by atoms with van der Waals surface area (Å²) in [5.41, 5.74) is 11.7. The van der Waals surface area contributed by atoms with E-state index in [2.05, 4.69) is 52.5 Å². The first kappa shape index (κ1) is 28.4. The molecule has 234 valence electrons. The van der Waals surface area contributed by atoms with Crippen molar-refractivity contribution < 1.29 is 19.0 Å². The zero-order chi connectivity index (χ0) is 30.2. The summed E-state index contributed by atoms with van der Waals surface area (Å²) in [6, 6.07) is 13.6. The van der Waals surface area contributed by atoms with Crippen molar-refractivity contribution >= 4 is 22.9 Å². The molecule has 2 bridgehead atoms. The fourth-order valence-corrected chi connectivity index (χ4v) is 8.99. The molecule has 8 heteroatoms. The van der Waals surface area contributed by atoms with Crippen molar-refractivity contribution in [2.75, 3.05) is 38.3 Å². The number of benzene rings is 2. The van der Waals surface area contributed by atoms with Gasteiger partial charge in [-0.25, -0.2) is 0 Å². The molecule has 0 amide bonds. The summed E-state index contributed by atoms with van der Waals surface area (Å²) in [6.45, 7) is 9.17. The van der Waals surface area contributed by atoms with Gasteiger partial charge < -0.3 is 29.4 Å². The molecule has 1 aromatic heterocycles. The third-order valence-electron chi connectivity index (χ3n) is 11.5. The van der Waals surface area contributed by atoms with Crippen molar-refractivity contribution in [3.63, 3.8) is 0 Å². The molecule has 4 fully saturated rings. The Bertz CT molecular complexity index is 1570. The Morgan fingerprint density at radius 1 is 1.07 bits per heavy atom. The van der Waals surface area contributed by atoms with E-state index in [-0.39, 0.29) is 12.1 Å². The van der Waals surface area contributed by atoms with Crippen molar-refractivity contribution in [2.45, 2.75) is 88.7 Å². The van der Waals surface area contributed by atoms with Gasteiger partial charge in [-0.05, 0) is 94.5 Å². The molecule has 0 spiro atoms. The average molecular weight is 599 g/mol. The normalized spacial score (nSPS) is 30.2. The fourth-order valence-electron chi connectivity index (χ4n) is 8.99. The standard InChI is InChI=1S/C36H46N4O4/c1-4-43-27-11-13-38(14-12-27)26-9-7-24-17-30(39(29(24)18-26)19-22-5-6-22)35-36(2,40-20-25-8-10-28(40)34(25)37)33-31(42-3)15-23(21-41)16-32(33)44-35/h7,9,15-18,21-22,25,27-28,34-35H,4-6,8,10-14,19-20,37H2,1-3H3/t25?,28?,34-,35?,36?/m1/s1. The summed E-state index contributed by atoms with van der Waals surface area (Å²) in [5.74, 6) is 2.65. The molecule has 2 saturated heterocycles. The molecule has 4 unspecified atom stereocenters. The summed E-state index contributed by atoms with van der Waals surface area (Å²) < 4.78 is 21.5. The SMILES string of the molecule is CCOC1CCN(c2ccc3cc(C4Oc5cc(C=O)cc(OC)c5C4(C)N4CC5CCC4[C@@H]5N)n(CC4CC4)c3c2)CC1. The Hall–Kier alpha value is -3.07. The molecule has 2 aromatic carbocycles. The molecule has 3 aromatic rings. The Morgan fingerprint density at radius 2 is 1.89 bits per heavy atom. The van der Waals surface area contributed by atoms with Crippen LogP contribution in [0.15, 0.2) is 36.4 Å². The van der Waals surface area contributed by atoms with Gasteiger partial charge in [-0.2, -0.15) is 0 Å². The lowest BCUT2D eigenvalue weighted by atomic mass is 9.82. The van der Waals surface area contributed by atoms with E-state index in [1.54, 1.807) is 7.11 Å². The molecular weight excluding hydrogens is 552 g/mol. The van der Waals surface area contributed by atoms with Gasteiger partial charge in [-0.1, -0.05) is 6.07 Å². The second-order valence-corrected chi connectivity index (χ2v) is 14.0. The van der Waals surface area contributed by atoms with Crippen LogP contribution in [0, 0.1) is 11.8 Å². The van der Waals surface area contributed by atoms with Crippen LogP contribution in [0.5, 0.6) is 11.5 Å². The van der Waals surface area contributed by atoms with E-state index in [4.69, 9.17) is 19.9 Å². The van der Waals surface area contributed by atoms with E-state index >= 15 is 0 Å². The second kappa shape index (κ2) is 10.8. The summed E-state index contributed by atoms with van der Waals surface area (Å²) in [5, 5.41) is 1.25. The Balaban J connectivity index is 1.24. The summed E-state index contributed by atoms with van der Waals surface area (Å²) in [4.78, 5) is 17.1. The van der Waals surface area contributed by atoms with E-state index in [1.165, 1.54) is 41.5 Å². The molecule has 3 aliphatic heterocycles. The van der Waals surface area contributed by atoms with Gasteiger partial charge in [0.25, 0.3) is 0 Å². The number of carbonyl (C=O) groups is 1. The highest BCUT2D eigenvalue weighted by Gasteiger charge is 2.60. The van der Waals surface area contributed by atoms with Crippen LogP contribution in [0.2, 0.25) is 0 Å². The van der Waals surface area contributed by atoms with Crippen LogP contribution in [0.1, 0.15) is 80.1 Å². The van der Waals surface area contributed by atoms with Crippen molar-refractivity contribution in [3.8, 4) is 11.5 Å². The van der Waals surface area contributed by atoms with E-state index in [0.29, 0.717) is 35.3 Å². The van der Waals surface area contributed by atoms with Gasteiger partial charge in [-0.15, -0.1) is 0 Å². The number of piperidine rings is 2. The quantitative estimate of drug-likeness (QED) is 0.319. The monoisotopic (exact) mass is 598 g/mol. The van der Waals surface area contributed by atoms with Crippen LogP contribution in [0.4, 0.5) is 5.69 Å². The third kappa shape index (κ3) is 4.39. The van der Waals surface area contributed by atoms with Crippen LogP contribution in [-0.2, 0) is 16.8 Å². The number of likely N-dealkylation sites (tertiary alicyclic amines) is 1. The minimum Gasteiger partial charge on any atom is -0.496 e. The van der Waals surface area contributed by atoms with Crippen LogP contribution in [-0.4, -0.2) is 67.3 Å². The number of methoxy groups -OCH3 is 1. The van der Waals surface area contributed by atoms with Gasteiger partial charge in [0.05, 0.1) is 35.5 Å².